The molecular weight excluding hydrogens is 274 g/mol. The Morgan fingerprint density at radius 1 is 1.15 bits per heavy atom. The van der Waals surface area contributed by atoms with Gasteiger partial charge in [0.25, 0.3) is 0 Å². The molecule has 3 nitrogen and oxygen atoms in total. The van der Waals surface area contributed by atoms with E-state index in [2.05, 4.69) is 4.99 Å². The van der Waals surface area contributed by atoms with Gasteiger partial charge in [0.2, 0.25) is 5.90 Å². The van der Waals surface area contributed by atoms with Gasteiger partial charge < -0.3 is 4.74 Å². The SMILES string of the molecule is O=C1OC(C2CCCCC2)=N/C1=C\c1ccc(Cl)cc1. The summed E-state index contributed by atoms with van der Waals surface area (Å²) in [6.07, 6.45) is 7.54. The lowest BCUT2D eigenvalue weighted by Crippen LogP contribution is -2.19. The van der Waals surface area contributed by atoms with Crippen molar-refractivity contribution in [2.75, 3.05) is 0 Å². The first kappa shape index (κ1) is 13.4. The maximum atomic E-state index is 11.9. The molecule has 1 aliphatic carbocycles. The number of hydrogen-bond acceptors (Lipinski definition) is 3. The van der Waals surface area contributed by atoms with E-state index in [1.165, 1.54) is 19.3 Å². The van der Waals surface area contributed by atoms with Crippen LogP contribution in [0.3, 0.4) is 0 Å². The minimum atomic E-state index is -0.347. The molecule has 1 saturated carbocycles. The second-order valence-electron chi connectivity index (χ2n) is 5.26. The van der Waals surface area contributed by atoms with Gasteiger partial charge in [0.1, 0.15) is 0 Å². The molecule has 3 rings (SSSR count). The third-order valence-electron chi connectivity index (χ3n) is 3.76. The van der Waals surface area contributed by atoms with Crippen molar-refractivity contribution in [3.8, 4) is 0 Å². The van der Waals surface area contributed by atoms with Crippen molar-refractivity contribution in [1.82, 2.24) is 0 Å². The third kappa shape index (κ3) is 2.93. The molecule has 0 unspecified atom stereocenters. The maximum Gasteiger partial charge on any atom is 0.363 e. The van der Waals surface area contributed by atoms with Crippen molar-refractivity contribution < 1.29 is 9.53 Å². The van der Waals surface area contributed by atoms with E-state index < -0.39 is 0 Å². The quantitative estimate of drug-likeness (QED) is 0.604. The Hall–Kier alpha value is -1.61. The molecular formula is C16H16ClNO2. The van der Waals surface area contributed by atoms with Gasteiger partial charge in [-0.2, -0.15) is 0 Å². The van der Waals surface area contributed by atoms with E-state index in [1.54, 1.807) is 18.2 Å². The summed E-state index contributed by atoms with van der Waals surface area (Å²) in [5.74, 6) is 0.569. The van der Waals surface area contributed by atoms with Crippen molar-refractivity contribution in [3.63, 3.8) is 0 Å². The third-order valence-corrected chi connectivity index (χ3v) is 4.02. The van der Waals surface area contributed by atoms with E-state index in [1.807, 2.05) is 12.1 Å². The summed E-state index contributed by atoms with van der Waals surface area (Å²) in [4.78, 5) is 16.3. The first-order chi connectivity index (χ1) is 9.72. The highest BCUT2D eigenvalue weighted by Gasteiger charge is 2.29. The summed E-state index contributed by atoms with van der Waals surface area (Å²) in [6, 6.07) is 7.30. The fourth-order valence-corrected chi connectivity index (χ4v) is 2.79. The molecule has 0 bridgehead atoms. The zero-order valence-corrected chi connectivity index (χ0v) is 11.9. The Balaban J connectivity index is 1.80. The molecule has 0 spiro atoms. The van der Waals surface area contributed by atoms with Gasteiger partial charge in [0.05, 0.1) is 0 Å². The standard InChI is InChI=1S/C16H16ClNO2/c17-13-8-6-11(7-9-13)10-14-16(19)20-15(18-14)12-4-2-1-3-5-12/h6-10,12H,1-5H2/b14-10-. The second-order valence-corrected chi connectivity index (χ2v) is 5.69. The van der Waals surface area contributed by atoms with Crippen LogP contribution in [0.4, 0.5) is 0 Å². The molecule has 1 aliphatic heterocycles. The Labute approximate surface area is 123 Å². The molecule has 1 aromatic carbocycles. The molecule has 104 valence electrons. The van der Waals surface area contributed by atoms with E-state index in [9.17, 15) is 4.79 Å². The number of halogens is 1. The normalized spacial score (nSPS) is 21.9. The number of carbonyl (C=O) groups is 1. The lowest BCUT2D eigenvalue weighted by Gasteiger charge is -2.19. The zero-order valence-electron chi connectivity index (χ0n) is 11.1. The Bertz CT molecular complexity index is 569. The lowest BCUT2D eigenvalue weighted by atomic mass is 9.89. The smallest absolute Gasteiger partial charge is 0.363 e. The predicted octanol–water partition coefficient (Wildman–Crippen LogP) is 4.22. The van der Waals surface area contributed by atoms with Gasteiger partial charge in [-0.05, 0) is 36.6 Å². The summed E-state index contributed by atoms with van der Waals surface area (Å²) >= 11 is 5.84. The molecule has 0 aromatic heterocycles. The number of nitrogens with zero attached hydrogens (tertiary/aromatic N) is 1. The first-order valence-corrected chi connectivity index (χ1v) is 7.38. The van der Waals surface area contributed by atoms with Gasteiger partial charge in [0.15, 0.2) is 5.70 Å². The summed E-state index contributed by atoms with van der Waals surface area (Å²) in [7, 11) is 0. The van der Waals surface area contributed by atoms with Crippen LogP contribution in [0.2, 0.25) is 5.02 Å². The van der Waals surface area contributed by atoms with Gasteiger partial charge >= 0.3 is 5.97 Å². The summed E-state index contributed by atoms with van der Waals surface area (Å²) in [5, 5.41) is 0.674. The van der Waals surface area contributed by atoms with E-state index in [0.29, 0.717) is 22.5 Å². The molecule has 0 amide bonds. The predicted molar refractivity (Wildman–Crippen MR) is 79.5 cm³/mol. The van der Waals surface area contributed by atoms with Crippen LogP contribution >= 0.6 is 11.6 Å². The molecule has 0 atom stereocenters. The average Bonchev–Trinajstić information content (AvgIpc) is 2.84. The number of esters is 1. The zero-order chi connectivity index (χ0) is 13.9. The molecule has 1 fully saturated rings. The number of benzene rings is 1. The number of ether oxygens (including phenoxy) is 1. The van der Waals surface area contributed by atoms with Crippen LogP contribution in [0, 0.1) is 5.92 Å². The first-order valence-electron chi connectivity index (χ1n) is 7.00. The molecule has 1 heterocycles. The minimum absolute atomic E-state index is 0.309. The van der Waals surface area contributed by atoms with Crippen molar-refractivity contribution in [1.29, 1.82) is 0 Å². The fraction of sp³-hybridized carbons (Fsp3) is 0.375. The lowest BCUT2D eigenvalue weighted by molar-refractivity contribution is -0.130. The second kappa shape index (κ2) is 5.80. The highest BCUT2D eigenvalue weighted by atomic mass is 35.5. The van der Waals surface area contributed by atoms with Gasteiger partial charge in [-0.1, -0.05) is 43.0 Å². The monoisotopic (exact) mass is 289 g/mol. The fourth-order valence-electron chi connectivity index (χ4n) is 2.67. The van der Waals surface area contributed by atoms with Crippen molar-refractivity contribution in [2.24, 2.45) is 10.9 Å². The van der Waals surface area contributed by atoms with Crippen molar-refractivity contribution in [3.05, 3.63) is 40.5 Å². The maximum absolute atomic E-state index is 11.9. The van der Waals surface area contributed by atoms with Gasteiger partial charge in [-0.15, -0.1) is 0 Å². The van der Waals surface area contributed by atoms with Crippen LogP contribution < -0.4 is 0 Å². The molecule has 1 aromatic rings. The minimum Gasteiger partial charge on any atom is -0.406 e. The van der Waals surface area contributed by atoms with Gasteiger partial charge in [-0.25, -0.2) is 9.79 Å². The largest absolute Gasteiger partial charge is 0.406 e. The number of carbonyl (C=O) groups excluding carboxylic acids is 1. The van der Waals surface area contributed by atoms with Gasteiger partial charge in [-0.3, -0.25) is 0 Å². The highest BCUT2D eigenvalue weighted by molar-refractivity contribution is 6.30. The number of aliphatic imine (C=N–C) groups is 1. The number of cyclic esters (lactones) is 1. The summed E-state index contributed by atoms with van der Waals surface area (Å²) in [6.45, 7) is 0. The topological polar surface area (TPSA) is 38.7 Å². The van der Waals surface area contributed by atoms with E-state index in [-0.39, 0.29) is 5.97 Å². The Morgan fingerprint density at radius 2 is 1.85 bits per heavy atom. The summed E-state index contributed by atoms with van der Waals surface area (Å²) < 4.78 is 5.33. The van der Waals surface area contributed by atoms with E-state index in [0.717, 1.165) is 18.4 Å². The number of hydrogen-bond donors (Lipinski definition) is 0. The molecule has 20 heavy (non-hydrogen) atoms. The van der Waals surface area contributed by atoms with Crippen LogP contribution in [0.5, 0.6) is 0 Å². The highest BCUT2D eigenvalue weighted by Crippen LogP contribution is 2.29. The van der Waals surface area contributed by atoms with Crippen LogP contribution in [0.25, 0.3) is 6.08 Å². The van der Waals surface area contributed by atoms with Crippen LogP contribution in [-0.2, 0) is 9.53 Å². The van der Waals surface area contributed by atoms with E-state index in [4.69, 9.17) is 16.3 Å². The molecule has 2 aliphatic rings. The van der Waals surface area contributed by atoms with Crippen molar-refractivity contribution >= 4 is 29.5 Å². The molecule has 0 N–H and O–H groups in total. The average molecular weight is 290 g/mol. The summed E-state index contributed by atoms with van der Waals surface area (Å²) in [5.41, 5.74) is 1.28. The van der Waals surface area contributed by atoms with Crippen LogP contribution in [0.15, 0.2) is 35.0 Å². The van der Waals surface area contributed by atoms with E-state index >= 15 is 0 Å². The Kier molecular flexibility index (Phi) is 3.88. The Morgan fingerprint density at radius 3 is 2.55 bits per heavy atom. The molecule has 4 heteroatoms. The van der Waals surface area contributed by atoms with Crippen LogP contribution in [0.1, 0.15) is 37.7 Å². The van der Waals surface area contributed by atoms with Crippen molar-refractivity contribution in [2.45, 2.75) is 32.1 Å². The molecule has 0 saturated heterocycles. The molecule has 0 radical (unpaired) electrons. The van der Waals surface area contributed by atoms with Gasteiger partial charge in [0, 0.05) is 10.9 Å². The number of rotatable bonds is 2. The van der Waals surface area contributed by atoms with Crippen LogP contribution in [-0.4, -0.2) is 11.9 Å².